The highest BCUT2D eigenvalue weighted by Crippen LogP contribution is 2.33. The summed E-state index contributed by atoms with van der Waals surface area (Å²) in [6.45, 7) is 10.7. The number of hydrogen-bond donors (Lipinski definition) is 1. The van der Waals surface area contributed by atoms with E-state index in [0.717, 1.165) is 48.9 Å². The van der Waals surface area contributed by atoms with Crippen LogP contribution in [0.15, 0.2) is 30.6 Å². The summed E-state index contributed by atoms with van der Waals surface area (Å²) in [4.78, 5) is 13.9. The molecule has 1 atom stereocenters. The van der Waals surface area contributed by atoms with Crippen molar-refractivity contribution >= 4 is 27.4 Å². The Bertz CT molecular complexity index is 916. The minimum atomic E-state index is 0.291. The maximum absolute atomic E-state index is 5.56. The van der Waals surface area contributed by atoms with Crippen LogP contribution in [0.1, 0.15) is 27.6 Å². The Labute approximate surface area is 164 Å². The van der Waals surface area contributed by atoms with Gasteiger partial charge >= 0.3 is 0 Å². The lowest BCUT2D eigenvalue weighted by molar-refractivity contribution is 0.0187. The molecule has 3 aromatic rings. The minimum Gasteiger partial charge on any atom is -0.379 e. The number of aromatic nitrogens is 2. The monoisotopic (exact) mass is 382 g/mol. The van der Waals surface area contributed by atoms with Crippen LogP contribution in [-0.4, -0.2) is 47.7 Å². The van der Waals surface area contributed by atoms with Crippen molar-refractivity contribution < 1.29 is 4.74 Å². The molecule has 0 saturated carbocycles. The van der Waals surface area contributed by atoms with Gasteiger partial charge in [-0.2, -0.15) is 0 Å². The summed E-state index contributed by atoms with van der Waals surface area (Å²) in [6.07, 6.45) is 1.66. The average Bonchev–Trinajstić information content (AvgIpc) is 2.99. The Morgan fingerprint density at radius 2 is 1.85 bits per heavy atom. The van der Waals surface area contributed by atoms with Gasteiger partial charge in [0.2, 0.25) is 0 Å². The minimum absolute atomic E-state index is 0.291. The van der Waals surface area contributed by atoms with Crippen LogP contribution >= 0.6 is 11.3 Å². The molecule has 0 aliphatic carbocycles. The van der Waals surface area contributed by atoms with Crippen LogP contribution in [0.5, 0.6) is 0 Å². The van der Waals surface area contributed by atoms with Gasteiger partial charge in [-0.05, 0) is 31.9 Å². The summed E-state index contributed by atoms with van der Waals surface area (Å²) in [5, 5.41) is 4.78. The second-order valence-electron chi connectivity index (χ2n) is 7.14. The highest BCUT2D eigenvalue weighted by atomic mass is 32.1. The molecule has 1 aromatic carbocycles. The number of rotatable bonds is 5. The number of morpholine rings is 1. The van der Waals surface area contributed by atoms with Gasteiger partial charge < -0.3 is 10.1 Å². The van der Waals surface area contributed by atoms with Crippen molar-refractivity contribution in [1.82, 2.24) is 14.9 Å². The predicted octanol–water partition coefficient (Wildman–Crippen LogP) is 4.10. The summed E-state index contributed by atoms with van der Waals surface area (Å²) in [5.41, 5.74) is 3.89. The molecule has 0 bridgehead atoms. The molecule has 0 spiro atoms. The molecule has 1 N–H and O–H groups in total. The Balaban J connectivity index is 1.61. The average molecular weight is 383 g/mol. The van der Waals surface area contributed by atoms with Gasteiger partial charge in [0.1, 0.15) is 17.0 Å². The molecule has 2 aromatic heterocycles. The van der Waals surface area contributed by atoms with E-state index in [-0.39, 0.29) is 0 Å². The summed E-state index contributed by atoms with van der Waals surface area (Å²) >= 11 is 1.74. The molecular formula is C21H26N4OS. The lowest BCUT2D eigenvalue weighted by Gasteiger charge is -2.35. The number of nitrogens with one attached hydrogen (secondary N) is 1. The van der Waals surface area contributed by atoms with Crippen LogP contribution in [0.3, 0.4) is 0 Å². The fourth-order valence-electron chi connectivity index (χ4n) is 3.65. The van der Waals surface area contributed by atoms with Crippen molar-refractivity contribution in [3.63, 3.8) is 0 Å². The van der Waals surface area contributed by atoms with E-state index in [0.29, 0.717) is 6.04 Å². The topological polar surface area (TPSA) is 50.3 Å². The standard InChI is InChI=1S/C21H26N4OS/c1-14-4-6-17(7-5-14)18(25-8-10-26-11-9-25)12-22-20-19-15(2)16(3)27-21(19)24-13-23-20/h4-7,13,18H,8-12H2,1-3H3,(H,22,23,24). The molecule has 1 unspecified atom stereocenters. The van der Waals surface area contributed by atoms with Gasteiger partial charge in [-0.1, -0.05) is 29.8 Å². The van der Waals surface area contributed by atoms with Gasteiger partial charge in [0.15, 0.2) is 0 Å². The zero-order valence-electron chi connectivity index (χ0n) is 16.2. The lowest BCUT2D eigenvalue weighted by atomic mass is 10.0. The van der Waals surface area contributed by atoms with E-state index in [2.05, 4.69) is 65.2 Å². The van der Waals surface area contributed by atoms with E-state index in [1.807, 2.05) is 0 Å². The van der Waals surface area contributed by atoms with Crippen molar-refractivity contribution in [2.24, 2.45) is 0 Å². The van der Waals surface area contributed by atoms with Crippen molar-refractivity contribution in [3.05, 3.63) is 52.2 Å². The molecule has 1 aliphatic heterocycles. The van der Waals surface area contributed by atoms with Gasteiger partial charge in [0.05, 0.1) is 24.6 Å². The van der Waals surface area contributed by atoms with Crippen molar-refractivity contribution in [3.8, 4) is 0 Å². The molecule has 1 fully saturated rings. The molecule has 142 valence electrons. The third-order valence-electron chi connectivity index (χ3n) is 5.38. The maximum atomic E-state index is 5.56. The van der Waals surface area contributed by atoms with Gasteiger partial charge in [-0.3, -0.25) is 4.90 Å². The number of aryl methyl sites for hydroxylation is 3. The van der Waals surface area contributed by atoms with Gasteiger partial charge in [0, 0.05) is 24.5 Å². The third-order valence-corrected chi connectivity index (χ3v) is 6.49. The normalized spacial score (nSPS) is 16.6. The zero-order chi connectivity index (χ0) is 18.8. The highest BCUT2D eigenvalue weighted by Gasteiger charge is 2.23. The number of nitrogens with zero attached hydrogens (tertiary/aromatic N) is 3. The molecule has 1 aliphatic rings. The van der Waals surface area contributed by atoms with E-state index in [4.69, 9.17) is 4.74 Å². The summed E-state index contributed by atoms with van der Waals surface area (Å²) < 4.78 is 5.56. The van der Waals surface area contributed by atoms with Crippen LogP contribution in [-0.2, 0) is 4.74 Å². The van der Waals surface area contributed by atoms with E-state index in [9.17, 15) is 0 Å². The first kappa shape index (κ1) is 18.3. The van der Waals surface area contributed by atoms with E-state index >= 15 is 0 Å². The Morgan fingerprint density at radius 1 is 1.11 bits per heavy atom. The van der Waals surface area contributed by atoms with Crippen LogP contribution in [0, 0.1) is 20.8 Å². The Hall–Kier alpha value is -2.02. The summed E-state index contributed by atoms with van der Waals surface area (Å²) in [5.74, 6) is 0.937. The van der Waals surface area contributed by atoms with E-state index < -0.39 is 0 Å². The fourth-order valence-corrected chi connectivity index (χ4v) is 4.64. The molecule has 5 nitrogen and oxygen atoms in total. The maximum Gasteiger partial charge on any atom is 0.138 e. The zero-order valence-corrected chi connectivity index (χ0v) is 17.0. The molecule has 0 amide bonds. The Morgan fingerprint density at radius 3 is 2.59 bits per heavy atom. The fraction of sp³-hybridized carbons (Fsp3) is 0.429. The van der Waals surface area contributed by atoms with Crippen LogP contribution < -0.4 is 5.32 Å². The number of benzene rings is 1. The first-order chi connectivity index (χ1) is 13.1. The first-order valence-corrected chi connectivity index (χ1v) is 10.3. The van der Waals surface area contributed by atoms with E-state index in [1.165, 1.54) is 21.6 Å². The van der Waals surface area contributed by atoms with E-state index in [1.54, 1.807) is 17.7 Å². The number of anilines is 1. The summed E-state index contributed by atoms with van der Waals surface area (Å²) in [6, 6.07) is 9.16. The molecule has 6 heteroatoms. The number of ether oxygens (including phenoxy) is 1. The highest BCUT2D eigenvalue weighted by molar-refractivity contribution is 7.18. The van der Waals surface area contributed by atoms with Crippen LogP contribution in [0.2, 0.25) is 0 Å². The summed E-state index contributed by atoms with van der Waals surface area (Å²) in [7, 11) is 0. The van der Waals surface area contributed by atoms with Crippen LogP contribution in [0.4, 0.5) is 5.82 Å². The molecule has 27 heavy (non-hydrogen) atoms. The predicted molar refractivity (Wildman–Crippen MR) is 112 cm³/mol. The third kappa shape index (κ3) is 3.83. The number of fused-ring (bicyclic) bond motifs is 1. The number of hydrogen-bond acceptors (Lipinski definition) is 6. The van der Waals surface area contributed by atoms with Gasteiger partial charge in [0.25, 0.3) is 0 Å². The molecule has 4 rings (SSSR count). The quantitative estimate of drug-likeness (QED) is 0.720. The van der Waals surface area contributed by atoms with Gasteiger partial charge in [-0.15, -0.1) is 11.3 Å². The molecule has 1 saturated heterocycles. The van der Waals surface area contributed by atoms with Crippen molar-refractivity contribution in [2.75, 3.05) is 38.2 Å². The molecule has 0 radical (unpaired) electrons. The van der Waals surface area contributed by atoms with Gasteiger partial charge in [-0.25, -0.2) is 9.97 Å². The SMILES string of the molecule is Cc1ccc(C(CNc2ncnc3sc(C)c(C)c23)N2CCOCC2)cc1. The second-order valence-corrected chi connectivity index (χ2v) is 8.34. The van der Waals surface area contributed by atoms with Crippen molar-refractivity contribution in [1.29, 1.82) is 0 Å². The lowest BCUT2D eigenvalue weighted by Crippen LogP contribution is -2.41. The molecule has 3 heterocycles. The number of thiophene rings is 1. The molecular weight excluding hydrogens is 356 g/mol. The Kier molecular flexibility index (Phi) is 5.38. The van der Waals surface area contributed by atoms with Crippen LogP contribution in [0.25, 0.3) is 10.2 Å². The van der Waals surface area contributed by atoms with Crippen molar-refractivity contribution in [2.45, 2.75) is 26.8 Å². The second kappa shape index (κ2) is 7.92. The largest absolute Gasteiger partial charge is 0.379 e. The smallest absolute Gasteiger partial charge is 0.138 e. The first-order valence-electron chi connectivity index (χ1n) is 9.46.